The molecule has 5 nitrogen and oxygen atoms in total. The van der Waals surface area contributed by atoms with Crippen LogP contribution in [0.2, 0.25) is 0 Å². The molecule has 2 heterocycles. The number of hydrogen-bond donors (Lipinski definition) is 0. The van der Waals surface area contributed by atoms with Gasteiger partial charge in [0.25, 0.3) is 10.0 Å². The van der Waals surface area contributed by atoms with Crippen LogP contribution in [0.4, 0.5) is 0 Å². The Kier molecular flexibility index (Phi) is 2.46. The van der Waals surface area contributed by atoms with Crippen molar-refractivity contribution in [2.75, 3.05) is 6.54 Å². The molecule has 2 aromatic rings. The summed E-state index contributed by atoms with van der Waals surface area (Å²) in [6, 6.07) is 7.49. The molecule has 1 aromatic carbocycles. The summed E-state index contributed by atoms with van der Waals surface area (Å²) in [7, 11) is -3.46. The van der Waals surface area contributed by atoms with Gasteiger partial charge in [0, 0.05) is 19.1 Å². The van der Waals surface area contributed by atoms with E-state index in [0.29, 0.717) is 13.1 Å². The summed E-state index contributed by atoms with van der Waals surface area (Å²) >= 11 is 0. The van der Waals surface area contributed by atoms with Crippen LogP contribution in [0.15, 0.2) is 29.4 Å². The van der Waals surface area contributed by atoms with Gasteiger partial charge >= 0.3 is 0 Å². The Hall–Kier alpha value is -1.40. The summed E-state index contributed by atoms with van der Waals surface area (Å²) in [6.45, 7) is 4.92. The summed E-state index contributed by atoms with van der Waals surface area (Å²) in [5.74, 6) is 0. The highest BCUT2D eigenvalue weighted by Crippen LogP contribution is 2.28. The average molecular weight is 265 g/mol. The second kappa shape index (κ2) is 3.80. The number of sulfonamides is 1. The summed E-state index contributed by atoms with van der Waals surface area (Å²) in [4.78, 5) is 4.27. The van der Waals surface area contributed by atoms with Crippen molar-refractivity contribution in [3.63, 3.8) is 0 Å². The number of fused-ring (bicyclic) bond motifs is 3. The van der Waals surface area contributed by atoms with Crippen LogP contribution in [0.5, 0.6) is 0 Å². The quantitative estimate of drug-likeness (QED) is 0.784. The molecule has 1 aliphatic heterocycles. The van der Waals surface area contributed by atoms with Gasteiger partial charge in [0.2, 0.25) is 5.16 Å². The predicted molar refractivity (Wildman–Crippen MR) is 68.8 cm³/mol. The summed E-state index contributed by atoms with van der Waals surface area (Å²) in [5, 5.41) is 0.170. The van der Waals surface area contributed by atoms with Gasteiger partial charge in [0.1, 0.15) is 0 Å². The maximum Gasteiger partial charge on any atom is 0.277 e. The fourth-order valence-corrected chi connectivity index (χ4v) is 4.36. The van der Waals surface area contributed by atoms with Crippen LogP contribution >= 0.6 is 0 Å². The van der Waals surface area contributed by atoms with Gasteiger partial charge in [-0.3, -0.25) is 0 Å². The number of rotatable bonds is 1. The number of hydrogen-bond acceptors (Lipinski definition) is 3. The van der Waals surface area contributed by atoms with Gasteiger partial charge < -0.3 is 4.57 Å². The van der Waals surface area contributed by atoms with Crippen molar-refractivity contribution in [3.05, 3.63) is 24.3 Å². The minimum absolute atomic E-state index is 0.0369. The van der Waals surface area contributed by atoms with E-state index in [1.165, 1.54) is 4.31 Å². The standard InChI is InChI=1S/C12H15N3O2S/c1-3-15-9(2)8-14-11-7-5-4-6-10(11)13-12(14)18(15,16)17/h4-7,9H,3,8H2,1-2H3. The molecule has 0 amide bonds. The van der Waals surface area contributed by atoms with E-state index in [1.807, 2.05) is 42.7 Å². The molecule has 0 N–H and O–H groups in total. The Balaban J connectivity index is 2.33. The first-order valence-electron chi connectivity index (χ1n) is 6.03. The molecule has 1 atom stereocenters. The number of para-hydroxylation sites is 2. The van der Waals surface area contributed by atoms with E-state index in [9.17, 15) is 8.42 Å². The second-order valence-corrected chi connectivity index (χ2v) is 6.34. The first kappa shape index (κ1) is 11.7. The van der Waals surface area contributed by atoms with Gasteiger partial charge in [0.05, 0.1) is 11.0 Å². The van der Waals surface area contributed by atoms with Crippen molar-refractivity contribution in [1.82, 2.24) is 13.9 Å². The fraction of sp³-hybridized carbons (Fsp3) is 0.417. The van der Waals surface area contributed by atoms with Gasteiger partial charge in [-0.05, 0) is 19.1 Å². The minimum atomic E-state index is -3.46. The number of nitrogens with zero attached hydrogens (tertiary/aromatic N) is 3. The number of aromatic nitrogens is 2. The molecule has 0 spiro atoms. The molecule has 1 unspecified atom stereocenters. The van der Waals surface area contributed by atoms with Crippen molar-refractivity contribution in [1.29, 1.82) is 0 Å². The molecule has 3 rings (SSSR count). The van der Waals surface area contributed by atoms with Crippen molar-refractivity contribution in [2.45, 2.75) is 31.6 Å². The van der Waals surface area contributed by atoms with Crippen LogP contribution in [-0.4, -0.2) is 34.9 Å². The van der Waals surface area contributed by atoms with Crippen LogP contribution in [0.3, 0.4) is 0 Å². The van der Waals surface area contributed by atoms with Crippen molar-refractivity contribution >= 4 is 21.1 Å². The maximum absolute atomic E-state index is 12.5. The lowest BCUT2D eigenvalue weighted by atomic mass is 10.3. The monoisotopic (exact) mass is 265 g/mol. The smallest absolute Gasteiger partial charge is 0.277 e. The highest BCUT2D eigenvalue weighted by atomic mass is 32.2. The van der Waals surface area contributed by atoms with E-state index in [2.05, 4.69) is 4.98 Å². The first-order valence-corrected chi connectivity index (χ1v) is 7.47. The van der Waals surface area contributed by atoms with E-state index in [4.69, 9.17) is 0 Å². The largest absolute Gasteiger partial charge is 0.312 e. The molecule has 18 heavy (non-hydrogen) atoms. The lowest BCUT2D eigenvalue weighted by molar-refractivity contribution is 0.288. The third-order valence-corrected chi connectivity index (χ3v) is 5.42. The van der Waals surface area contributed by atoms with Gasteiger partial charge in [-0.15, -0.1) is 0 Å². The fourth-order valence-electron chi connectivity index (χ4n) is 2.61. The van der Waals surface area contributed by atoms with E-state index >= 15 is 0 Å². The number of benzene rings is 1. The number of likely N-dealkylation sites (N-methyl/N-ethyl adjacent to an activating group) is 1. The third-order valence-electron chi connectivity index (χ3n) is 3.41. The molecule has 0 fully saturated rings. The highest BCUT2D eigenvalue weighted by Gasteiger charge is 2.37. The molecule has 6 heteroatoms. The molecular weight excluding hydrogens is 250 g/mol. The predicted octanol–water partition coefficient (Wildman–Crippen LogP) is 1.45. The van der Waals surface area contributed by atoms with Crippen LogP contribution < -0.4 is 0 Å². The van der Waals surface area contributed by atoms with E-state index in [-0.39, 0.29) is 11.2 Å². The Labute approximate surface area is 106 Å². The van der Waals surface area contributed by atoms with Gasteiger partial charge in [-0.1, -0.05) is 19.1 Å². The number of imidazole rings is 1. The van der Waals surface area contributed by atoms with Gasteiger partial charge in [-0.2, -0.15) is 4.31 Å². The lowest BCUT2D eigenvalue weighted by Gasteiger charge is -2.32. The Bertz CT molecular complexity index is 705. The van der Waals surface area contributed by atoms with Gasteiger partial charge in [-0.25, -0.2) is 13.4 Å². The zero-order valence-corrected chi connectivity index (χ0v) is 11.2. The van der Waals surface area contributed by atoms with E-state index in [0.717, 1.165) is 11.0 Å². The normalized spacial score (nSPS) is 23.1. The molecule has 0 bridgehead atoms. The topological polar surface area (TPSA) is 55.2 Å². The SMILES string of the molecule is CCN1C(C)Cn2c(nc3ccccc32)S1(=O)=O. The molecule has 0 saturated carbocycles. The zero-order valence-electron chi connectivity index (χ0n) is 10.4. The highest BCUT2D eigenvalue weighted by molar-refractivity contribution is 7.89. The minimum Gasteiger partial charge on any atom is -0.312 e. The van der Waals surface area contributed by atoms with Crippen molar-refractivity contribution < 1.29 is 8.42 Å². The van der Waals surface area contributed by atoms with Crippen molar-refractivity contribution in [2.24, 2.45) is 0 Å². The third kappa shape index (κ3) is 1.42. The molecule has 0 saturated heterocycles. The summed E-state index contributed by atoms with van der Waals surface area (Å²) < 4.78 is 28.2. The van der Waals surface area contributed by atoms with E-state index < -0.39 is 10.0 Å². The molecular formula is C12H15N3O2S. The Morgan fingerprint density at radius 1 is 1.39 bits per heavy atom. The van der Waals surface area contributed by atoms with Crippen molar-refractivity contribution in [3.8, 4) is 0 Å². The Morgan fingerprint density at radius 3 is 2.83 bits per heavy atom. The zero-order chi connectivity index (χ0) is 12.9. The molecule has 96 valence electrons. The van der Waals surface area contributed by atoms with Gasteiger partial charge in [0.15, 0.2) is 0 Å². The Morgan fingerprint density at radius 2 is 2.11 bits per heavy atom. The first-order chi connectivity index (χ1) is 8.55. The lowest BCUT2D eigenvalue weighted by Crippen LogP contribution is -2.46. The molecule has 1 aromatic heterocycles. The van der Waals surface area contributed by atoms with Crippen LogP contribution in [0.25, 0.3) is 11.0 Å². The second-order valence-electron chi connectivity index (χ2n) is 4.55. The molecule has 1 aliphatic rings. The van der Waals surface area contributed by atoms with Crippen LogP contribution in [0.1, 0.15) is 13.8 Å². The maximum atomic E-state index is 12.5. The van der Waals surface area contributed by atoms with E-state index in [1.54, 1.807) is 0 Å². The summed E-state index contributed by atoms with van der Waals surface area (Å²) in [5.41, 5.74) is 1.62. The van der Waals surface area contributed by atoms with Crippen LogP contribution in [0, 0.1) is 0 Å². The van der Waals surface area contributed by atoms with Crippen LogP contribution in [-0.2, 0) is 16.6 Å². The average Bonchev–Trinajstić information content (AvgIpc) is 2.69. The molecule has 0 aliphatic carbocycles. The molecule has 0 radical (unpaired) electrons. The summed E-state index contributed by atoms with van der Waals surface area (Å²) in [6.07, 6.45) is 0.